The number of benzene rings is 1. The van der Waals surface area contributed by atoms with Gasteiger partial charge in [0.25, 0.3) is 12.3 Å². The molecule has 1 aromatic carbocycles. The highest BCUT2D eigenvalue weighted by Gasteiger charge is 2.35. The molecule has 0 spiro atoms. The van der Waals surface area contributed by atoms with Crippen molar-refractivity contribution in [3.63, 3.8) is 0 Å². The number of aromatic nitrogens is 2. The fourth-order valence-corrected chi connectivity index (χ4v) is 3.65. The highest BCUT2D eigenvalue weighted by atomic mass is 19.4. The number of hydroxylamine groups is 2. The molecular formula is C21H24F6N6O3. The van der Waals surface area contributed by atoms with Gasteiger partial charge in [0, 0.05) is 31.3 Å². The maximum Gasteiger partial charge on any atom is 0.419 e. The maximum atomic E-state index is 13.5. The molecule has 3 heterocycles. The number of urea groups is 1. The van der Waals surface area contributed by atoms with Gasteiger partial charge in [0.2, 0.25) is 0 Å². The minimum absolute atomic E-state index is 0.0589. The van der Waals surface area contributed by atoms with E-state index in [1.165, 1.54) is 19.0 Å². The molecule has 0 bridgehead atoms. The van der Waals surface area contributed by atoms with Gasteiger partial charge >= 0.3 is 12.2 Å². The zero-order valence-corrected chi connectivity index (χ0v) is 19.3. The second kappa shape index (κ2) is 11.2. The van der Waals surface area contributed by atoms with E-state index in [2.05, 4.69) is 15.7 Å². The molecule has 3 amide bonds. The van der Waals surface area contributed by atoms with Crippen molar-refractivity contribution < 1.29 is 40.8 Å². The van der Waals surface area contributed by atoms with Crippen LogP contribution < -0.4 is 10.6 Å². The average molecular weight is 522 g/mol. The van der Waals surface area contributed by atoms with Crippen LogP contribution in [0.25, 0.3) is 0 Å². The lowest BCUT2D eigenvalue weighted by Crippen LogP contribution is -2.39. The summed E-state index contributed by atoms with van der Waals surface area (Å²) in [5, 5.41) is 10.2. The van der Waals surface area contributed by atoms with E-state index in [0.29, 0.717) is 42.0 Å². The van der Waals surface area contributed by atoms with Crippen molar-refractivity contribution in [2.24, 2.45) is 0 Å². The van der Waals surface area contributed by atoms with Gasteiger partial charge in [-0.15, -0.1) is 0 Å². The molecule has 0 aliphatic carbocycles. The second-order valence-electron chi connectivity index (χ2n) is 7.88. The van der Waals surface area contributed by atoms with Gasteiger partial charge in [-0.25, -0.2) is 23.0 Å². The molecule has 9 nitrogen and oxygen atoms in total. The lowest BCUT2D eigenvalue weighted by Gasteiger charge is -2.27. The Morgan fingerprint density at radius 2 is 1.97 bits per heavy atom. The summed E-state index contributed by atoms with van der Waals surface area (Å²) in [5.41, 5.74) is -0.0503. The lowest BCUT2D eigenvalue weighted by molar-refractivity contribution is -0.139. The van der Waals surface area contributed by atoms with Crippen molar-refractivity contribution in [1.29, 1.82) is 0 Å². The highest BCUT2D eigenvalue weighted by molar-refractivity contribution is 5.94. The number of nitrogens with one attached hydrogen (secondary N) is 2. The van der Waals surface area contributed by atoms with Gasteiger partial charge < -0.3 is 15.5 Å². The van der Waals surface area contributed by atoms with Crippen LogP contribution in [-0.2, 0) is 30.5 Å². The van der Waals surface area contributed by atoms with Crippen LogP contribution in [-0.4, -0.2) is 71.9 Å². The summed E-state index contributed by atoms with van der Waals surface area (Å²) in [6.45, 7) is 0.763. The molecule has 2 aliphatic rings. The number of hydrogen-bond donors (Lipinski definition) is 2. The highest BCUT2D eigenvalue weighted by Crippen LogP contribution is 2.33. The third-order valence-electron chi connectivity index (χ3n) is 5.35. The fraction of sp³-hybridized carbons (Fsp3) is 0.476. The summed E-state index contributed by atoms with van der Waals surface area (Å²) in [6, 6.07) is 1.59. The number of alkyl halides is 5. The number of carbonyl (C=O) groups is 2. The number of amides is 3. The predicted molar refractivity (Wildman–Crippen MR) is 115 cm³/mol. The molecule has 36 heavy (non-hydrogen) atoms. The Morgan fingerprint density at radius 3 is 2.58 bits per heavy atom. The van der Waals surface area contributed by atoms with Crippen molar-refractivity contribution in [2.45, 2.75) is 32.1 Å². The van der Waals surface area contributed by atoms with Crippen LogP contribution in [0.4, 0.5) is 36.8 Å². The van der Waals surface area contributed by atoms with E-state index in [1.807, 2.05) is 0 Å². The third-order valence-corrected chi connectivity index (χ3v) is 5.35. The van der Waals surface area contributed by atoms with Crippen LogP contribution in [0.3, 0.4) is 0 Å². The zero-order chi connectivity index (χ0) is 26.6. The summed E-state index contributed by atoms with van der Waals surface area (Å²) in [5.74, 6) is -1.81. The first-order chi connectivity index (χ1) is 16.9. The van der Waals surface area contributed by atoms with Gasteiger partial charge in [0.15, 0.2) is 0 Å². The van der Waals surface area contributed by atoms with E-state index >= 15 is 0 Å². The zero-order valence-electron chi connectivity index (χ0n) is 19.3. The first kappa shape index (κ1) is 27.3. The normalized spacial score (nSPS) is 15.6. The van der Waals surface area contributed by atoms with Crippen LogP contribution in [0.1, 0.15) is 27.3 Å². The van der Waals surface area contributed by atoms with Crippen LogP contribution in [0.2, 0.25) is 0 Å². The predicted octanol–water partition coefficient (Wildman–Crippen LogP) is 3.12. The summed E-state index contributed by atoms with van der Waals surface area (Å²) < 4.78 is 75.6. The summed E-state index contributed by atoms with van der Waals surface area (Å²) in [6.07, 6.45) is -6.71. The number of rotatable bonds is 3. The molecule has 0 atom stereocenters. The SMILES string of the molecule is CN1OCCn2nc3c(c2C1=O)CN(C(=O)Nc1ccc(F)c(C(F)(F)F)c1)CC3.CNCC(F)F. The number of hydrogen-bond acceptors (Lipinski definition) is 5. The van der Waals surface area contributed by atoms with Gasteiger partial charge in [0.05, 0.1) is 37.5 Å². The van der Waals surface area contributed by atoms with Gasteiger partial charge in [-0.1, -0.05) is 0 Å². The number of nitrogens with zero attached hydrogens (tertiary/aromatic N) is 4. The number of fused-ring (bicyclic) bond motifs is 3. The van der Waals surface area contributed by atoms with Crippen LogP contribution >= 0.6 is 0 Å². The molecule has 4 rings (SSSR count). The second-order valence-corrected chi connectivity index (χ2v) is 7.88. The molecule has 1 aromatic heterocycles. The smallest absolute Gasteiger partial charge is 0.320 e. The topological polar surface area (TPSA) is 91.7 Å². The van der Waals surface area contributed by atoms with Crippen molar-refractivity contribution in [1.82, 2.24) is 25.1 Å². The molecule has 198 valence electrons. The van der Waals surface area contributed by atoms with Crippen molar-refractivity contribution >= 4 is 17.6 Å². The molecule has 2 aromatic rings. The Morgan fingerprint density at radius 1 is 1.25 bits per heavy atom. The molecule has 15 heteroatoms. The van der Waals surface area contributed by atoms with Crippen LogP contribution in [0.5, 0.6) is 0 Å². The van der Waals surface area contributed by atoms with Crippen molar-refractivity contribution in [3.8, 4) is 0 Å². The summed E-state index contributed by atoms with van der Waals surface area (Å²) in [7, 11) is 2.98. The Labute approximate surface area is 201 Å². The van der Waals surface area contributed by atoms with E-state index in [9.17, 15) is 35.9 Å². The van der Waals surface area contributed by atoms with Crippen LogP contribution in [0, 0.1) is 5.82 Å². The monoisotopic (exact) mass is 522 g/mol. The minimum atomic E-state index is -4.88. The largest absolute Gasteiger partial charge is 0.419 e. The Kier molecular flexibility index (Phi) is 8.45. The summed E-state index contributed by atoms with van der Waals surface area (Å²) >= 11 is 0. The molecule has 0 unspecified atom stereocenters. The first-order valence-electron chi connectivity index (χ1n) is 10.8. The van der Waals surface area contributed by atoms with Gasteiger partial charge in [-0.2, -0.15) is 18.3 Å². The van der Waals surface area contributed by atoms with E-state index in [4.69, 9.17) is 4.84 Å². The Hall–Kier alpha value is -3.33. The molecule has 0 saturated heterocycles. The Balaban J connectivity index is 0.000000538. The third kappa shape index (κ3) is 6.26. The fourth-order valence-electron chi connectivity index (χ4n) is 3.65. The molecular weight excluding hydrogens is 498 g/mol. The molecule has 0 fully saturated rings. The molecule has 2 aliphatic heterocycles. The minimum Gasteiger partial charge on any atom is -0.320 e. The van der Waals surface area contributed by atoms with Crippen molar-refractivity contribution in [3.05, 3.63) is 46.5 Å². The molecule has 0 saturated carbocycles. The van der Waals surface area contributed by atoms with Gasteiger partial charge in [-0.3, -0.25) is 14.3 Å². The quantitative estimate of drug-likeness (QED) is 0.605. The lowest BCUT2D eigenvalue weighted by atomic mass is 10.1. The van der Waals surface area contributed by atoms with Gasteiger partial charge in [0.1, 0.15) is 11.5 Å². The van der Waals surface area contributed by atoms with Crippen LogP contribution in [0.15, 0.2) is 18.2 Å². The van der Waals surface area contributed by atoms with E-state index in [0.717, 1.165) is 11.1 Å². The number of anilines is 1. The average Bonchev–Trinajstić information content (AvgIpc) is 3.09. The standard InChI is InChI=1S/C18H17F4N5O3.C3H7F2N/c1-25-16(28)15-11-9-26(5-4-14(11)24-27(15)6-7-30-25)17(29)23-10-2-3-13(19)12(8-10)18(20,21)22;1-6-2-3(4)5/h2-3,8H,4-7,9H2,1H3,(H,23,29);3,6H,2H2,1H3. The molecule has 2 N–H and O–H groups in total. The summed E-state index contributed by atoms with van der Waals surface area (Å²) in [4.78, 5) is 31.8. The number of carbonyl (C=O) groups excluding carboxylic acids is 2. The molecule has 0 radical (unpaired) electrons. The Bertz CT molecular complexity index is 1110. The van der Waals surface area contributed by atoms with Gasteiger partial charge in [-0.05, 0) is 25.2 Å². The number of halogens is 6. The van der Waals surface area contributed by atoms with E-state index < -0.39 is 35.9 Å². The van der Waals surface area contributed by atoms with E-state index in [-0.39, 0.29) is 31.9 Å². The van der Waals surface area contributed by atoms with Crippen molar-refractivity contribution in [2.75, 3.05) is 39.1 Å². The van der Waals surface area contributed by atoms with E-state index in [1.54, 1.807) is 4.68 Å². The first-order valence-corrected chi connectivity index (χ1v) is 10.8. The maximum absolute atomic E-state index is 13.5.